The number of benzene rings is 2. The van der Waals surface area contributed by atoms with Gasteiger partial charge in [-0.3, -0.25) is 0 Å². The SMILES string of the molecule is CC[C@@H](O)COc1ccc(Oc2ccccc2)cc1. The van der Waals surface area contributed by atoms with Crippen molar-refractivity contribution in [3.05, 3.63) is 54.6 Å². The number of ether oxygens (including phenoxy) is 2. The van der Waals surface area contributed by atoms with E-state index in [2.05, 4.69) is 0 Å². The lowest BCUT2D eigenvalue weighted by Gasteiger charge is -2.11. The van der Waals surface area contributed by atoms with Gasteiger partial charge in [-0.05, 0) is 42.8 Å². The van der Waals surface area contributed by atoms with Gasteiger partial charge in [-0.2, -0.15) is 0 Å². The number of aliphatic hydroxyl groups excluding tert-OH is 1. The maximum Gasteiger partial charge on any atom is 0.127 e. The predicted octanol–water partition coefficient (Wildman–Crippen LogP) is 3.63. The summed E-state index contributed by atoms with van der Waals surface area (Å²) in [6.07, 6.45) is 0.273. The lowest BCUT2D eigenvalue weighted by atomic mass is 10.3. The molecule has 1 N–H and O–H groups in total. The van der Waals surface area contributed by atoms with Crippen LogP contribution in [0.15, 0.2) is 54.6 Å². The smallest absolute Gasteiger partial charge is 0.127 e. The molecule has 0 aliphatic rings. The zero-order chi connectivity index (χ0) is 13.5. The maximum atomic E-state index is 9.42. The van der Waals surface area contributed by atoms with E-state index < -0.39 is 6.10 Å². The number of rotatable bonds is 6. The van der Waals surface area contributed by atoms with Gasteiger partial charge < -0.3 is 14.6 Å². The second kappa shape index (κ2) is 6.81. The van der Waals surface area contributed by atoms with Crippen molar-refractivity contribution < 1.29 is 14.6 Å². The van der Waals surface area contributed by atoms with E-state index in [4.69, 9.17) is 9.47 Å². The van der Waals surface area contributed by atoms with E-state index in [0.29, 0.717) is 13.0 Å². The van der Waals surface area contributed by atoms with Crippen molar-refractivity contribution in [3.63, 3.8) is 0 Å². The molecule has 0 amide bonds. The first kappa shape index (κ1) is 13.4. The summed E-state index contributed by atoms with van der Waals surface area (Å²) in [4.78, 5) is 0. The first-order valence-electron chi connectivity index (χ1n) is 6.41. The summed E-state index contributed by atoms with van der Waals surface area (Å²) in [5.41, 5.74) is 0. The molecule has 2 rings (SSSR count). The Balaban J connectivity index is 1.91. The van der Waals surface area contributed by atoms with E-state index in [0.717, 1.165) is 17.2 Å². The van der Waals surface area contributed by atoms with Gasteiger partial charge in [0.2, 0.25) is 0 Å². The average Bonchev–Trinajstić information content (AvgIpc) is 2.47. The minimum Gasteiger partial charge on any atom is -0.491 e. The molecule has 0 saturated carbocycles. The molecule has 0 radical (unpaired) electrons. The molecule has 0 unspecified atom stereocenters. The molecule has 0 aliphatic carbocycles. The third-order valence-electron chi connectivity index (χ3n) is 2.72. The highest BCUT2D eigenvalue weighted by atomic mass is 16.5. The van der Waals surface area contributed by atoms with Gasteiger partial charge in [0.15, 0.2) is 0 Å². The second-order valence-corrected chi connectivity index (χ2v) is 4.26. The van der Waals surface area contributed by atoms with Crippen molar-refractivity contribution in [2.75, 3.05) is 6.61 Å². The molecular formula is C16H18O3. The average molecular weight is 258 g/mol. The van der Waals surface area contributed by atoms with E-state index in [1.54, 1.807) is 0 Å². The third-order valence-corrected chi connectivity index (χ3v) is 2.72. The van der Waals surface area contributed by atoms with Gasteiger partial charge in [-0.25, -0.2) is 0 Å². The molecule has 19 heavy (non-hydrogen) atoms. The zero-order valence-electron chi connectivity index (χ0n) is 11.0. The van der Waals surface area contributed by atoms with Gasteiger partial charge in [-0.1, -0.05) is 25.1 Å². The highest BCUT2D eigenvalue weighted by Gasteiger charge is 2.02. The Kier molecular flexibility index (Phi) is 4.81. The van der Waals surface area contributed by atoms with Crippen LogP contribution in [0.2, 0.25) is 0 Å². The largest absolute Gasteiger partial charge is 0.491 e. The molecule has 0 saturated heterocycles. The van der Waals surface area contributed by atoms with Gasteiger partial charge in [0.05, 0.1) is 6.10 Å². The first-order valence-corrected chi connectivity index (χ1v) is 6.41. The Morgan fingerprint density at radius 3 is 2.11 bits per heavy atom. The number of hydrogen-bond acceptors (Lipinski definition) is 3. The fourth-order valence-corrected chi connectivity index (χ4v) is 1.54. The Morgan fingerprint density at radius 2 is 1.47 bits per heavy atom. The highest BCUT2D eigenvalue weighted by Crippen LogP contribution is 2.23. The fraction of sp³-hybridized carbons (Fsp3) is 0.250. The van der Waals surface area contributed by atoms with Crippen LogP contribution in [-0.2, 0) is 0 Å². The molecule has 3 nitrogen and oxygen atoms in total. The molecule has 1 atom stereocenters. The third kappa shape index (κ3) is 4.30. The van der Waals surface area contributed by atoms with Gasteiger partial charge in [0, 0.05) is 0 Å². The number of hydrogen-bond donors (Lipinski definition) is 1. The van der Waals surface area contributed by atoms with Crippen LogP contribution in [0.3, 0.4) is 0 Å². The summed E-state index contributed by atoms with van der Waals surface area (Å²) < 4.78 is 11.1. The van der Waals surface area contributed by atoms with E-state index in [1.165, 1.54) is 0 Å². The summed E-state index contributed by atoms with van der Waals surface area (Å²) in [6, 6.07) is 17.0. The Labute approximate surface area is 113 Å². The normalized spacial score (nSPS) is 11.9. The Hall–Kier alpha value is -2.00. The van der Waals surface area contributed by atoms with Gasteiger partial charge in [-0.15, -0.1) is 0 Å². The molecule has 100 valence electrons. The Bertz CT molecular complexity index is 479. The maximum absolute atomic E-state index is 9.42. The number of para-hydroxylation sites is 1. The second-order valence-electron chi connectivity index (χ2n) is 4.26. The van der Waals surface area contributed by atoms with Crippen LogP contribution < -0.4 is 9.47 Å². The zero-order valence-corrected chi connectivity index (χ0v) is 11.0. The van der Waals surface area contributed by atoms with Crippen LogP contribution in [0.5, 0.6) is 17.2 Å². The highest BCUT2D eigenvalue weighted by molar-refractivity contribution is 5.35. The Morgan fingerprint density at radius 1 is 0.895 bits per heavy atom. The van der Waals surface area contributed by atoms with Crippen LogP contribution in [0, 0.1) is 0 Å². The summed E-state index contributed by atoms with van der Waals surface area (Å²) >= 11 is 0. The van der Waals surface area contributed by atoms with Crippen LogP contribution >= 0.6 is 0 Å². The van der Waals surface area contributed by atoms with E-state index in [9.17, 15) is 5.11 Å². The number of aliphatic hydroxyl groups is 1. The summed E-state index contributed by atoms with van der Waals surface area (Å²) in [5.74, 6) is 2.29. The van der Waals surface area contributed by atoms with Crippen molar-refractivity contribution in [2.24, 2.45) is 0 Å². The van der Waals surface area contributed by atoms with Crippen LogP contribution in [0.25, 0.3) is 0 Å². The van der Waals surface area contributed by atoms with Crippen LogP contribution in [0.4, 0.5) is 0 Å². The van der Waals surface area contributed by atoms with Gasteiger partial charge >= 0.3 is 0 Å². The monoisotopic (exact) mass is 258 g/mol. The molecule has 0 spiro atoms. The summed E-state index contributed by atoms with van der Waals surface area (Å²) in [7, 11) is 0. The standard InChI is InChI=1S/C16H18O3/c1-2-13(17)12-18-14-8-10-16(11-9-14)19-15-6-4-3-5-7-15/h3-11,13,17H,2,12H2,1H3/t13-/m1/s1. The minimum atomic E-state index is -0.416. The van der Waals surface area contributed by atoms with E-state index in [-0.39, 0.29) is 0 Å². The van der Waals surface area contributed by atoms with Crippen LogP contribution in [0.1, 0.15) is 13.3 Å². The van der Waals surface area contributed by atoms with Crippen LogP contribution in [-0.4, -0.2) is 17.8 Å². The van der Waals surface area contributed by atoms with Gasteiger partial charge in [0.25, 0.3) is 0 Å². The van der Waals surface area contributed by atoms with Gasteiger partial charge in [0.1, 0.15) is 23.9 Å². The molecule has 0 aromatic heterocycles. The molecule has 0 fully saturated rings. The molecule has 0 aliphatic heterocycles. The minimum absolute atomic E-state index is 0.315. The molecule has 0 bridgehead atoms. The molecule has 2 aromatic rings. The van der Waals surface area contributed by atoms with E-state index >= 15 is 0 Å². The van der Waals surface area contributed by atoms with E-state index in [1.807, 2.05) is 61.5 Å². The molecule has 2 aromatic carbocycles. The topological polar surface area (TPSA) is 38.7 Å². The van der Waals surface area contributed by atoms with Crippen molar-refractivity contribution in [1.29, 1.82) is 0 Å². The molecule has 3 heteroatoms. The van der Waals surface area contributed by atoms with Crippen molar-refractivity contribution in [2.45, 2.75) is 19.4 Å². The quantitative estimate of drug-likeness (QED) is 0.860. The van der Waals surface area contributed by atoms with Crippen molar-refractivity contribution >= 4 is 0 Å². The predicted molar refractivity (Wildman–Crippen MR) is 74.8 cm³/mol. The van der Waals surface area contributed by atoms with Crippen molar-refractivity contribution in [1.82, 2.24) is 0 Å². The summed E-state index contributed by atoms with van der Waals surface area (Å²) in [5, 5.41) is 9.42. The molecular weight excluding hydrogens is 240 g/mol. The lowest BCUT2D eigenvalue weighted by molar-refractivity contribution is 0.104. The first-order chi connectivity index (χ1) is 9.28. The fourth-order valence-electron chi connectivity index (χ4n) is 1.54. The molecule has 0 heterocycles. The summed E-state index contributed by atoms with van der Waals surface area (Å²) in [6.45, 7) is 2.24. The van der Waals surface area contributed by atoms with Crippen molar-refractivity contribution in [3.8, 4) is 17.2 Å². The lowest BCUT2D eigenvalue weighted by Crippen LogP contribution is -2.15.